The first-order chi connectivity index (χ1) is 11.3. The van der Waals surface area contributed by atoms with Gasteiger partial charge in [0.05, 0.1) is 11.9 Å². The van der Waals surface area contributed by atoms with Gasteiger partial charge < -0.3 is 9.80 Å². The highest BCUT2D eigenvalue weighted by Gasteiger charge is 2.41. The molecule has 5 nitrogen and oxygen atoms in total. The standard InChI is InChI=1S/C18H21N5/c1-13-2-18-11-22(8-13)9-14(1)10-23(18)17-3-15(4-19-7-17)16-5-20-12-21-6-16/h3-7,12-14,18H,1-2,8-11H2. The van der Waals surface area contributed by atoms with Crippen LogP contribution in [-0.4, -0.2) is 52.1 Å². The van der Waals surface area contributed by atoms with Crippen molar-refractivity contribution in [2.75, 3.05) is 31.1 Å². The number of hydrogen-bond donors (Lipinski definition) is 0. The molecule has 4 aliphatic rings. The van der Waals surface area contributed by atoms with Crippen LogP contribution in [-0.2, 0) is 0 Å². The number of aromatic nitrogens is 3. The number of nitrogens with zero attached hydrogens (tertiary/aromatic N) is 5. The van der Waals surface area contributed by atoms with E-state index < -0.39 is 0 Å². The number of piperidine rings is 2. The Bertz CT molecular complexity index is 690. The van der Waals surface area contributed by atoms with Crippen LogP contribution in [0.15, 0.2) is 37.2 Å². The summed E-state index contributed by atoms with van der Waals surface area (Å²) < 4.78 is 0. The molecule has 4 saturated heterocycles. The van der Waals surface area contributed by atoms with Crippen molar-refractivity contribution in [3.8, 4) is 11.1 Å². The Kier molecular flexibility index (Phi) is 3.08. The van der Waals surface area contributed by atoms with Crippen LogP contribution in [0.4, 0.5) is 5.69 Å². The summed E-state index contributed by atoms with van der Waals surface area (Å²) in [5.41, 5.74) is 3.39. The van der Waals surface area contributed by atoms with Crippen molar-refractivity contribution in [3.05, 3.63) is 37.2 Å². The van der Waals surface area contributed by atoms with E-state index in [-0.39, 0.29) is 0 Å². The molecule has 0 radical (unpaired) electrons. The van der Waals surface area contributed by atoms with Gasteiger partial charge >= 0.3 is 0 Å². The van der Waals surface area contributed by atoms with Gasteiger partial charge in [-0.05, 0) is 30.7 Å². The van der Waals surface area contributed by atoms with E-state index in [1.807, 2.05) is 24.8 Å². The molecule has 6 rings (SSSR count). The smallest absolute Gasteiger partial charge is 0.115 e. The Morgan fingerprint density at radius 3 is 2.48 bits per heavy atom. The Morgan fingerprint density at radius 1 is 0.783 bits per heavy atom. The maximum Gasteiger partial charge on any atom is 0.115 e. The Morgan fingerprint density at radius 2 is 1.61 bits per heavy atom. The summed E-state index contributed by atoms with van der Waals surface area (Å²) in [6.45, 7) is 4.99. The van der Waals surface area contributed by atoms with Crippen LogP contribution in [0, 0.1) is 11.8 Å². The second-order valence-electron chi connectivity index (χ2n) is 7.29. The van der Waals surface area contributed by atoms with Crippen LogP contribution in [0.5, 0.6) is 0 Å². The Hall–Kier alpha value is -2.01. The first-order valence-electron chi connectivity index (χ1n) is 8.54. The van der Waals surface area contributed by atoms with Gasteiger partial charge in [0.2, 0.25) is 0 Å². The maximum absolute atomic E-state index is 4.50. The predicted octanol–water partition coefficient (Wildman–Crippen LogP) is 2.07. The maximum atomic E-state index is 4.50. The molecule has 0 amide bonds. The normalized spacial score (nSPS) is 32.1. The molecule has 0 aromatic carbocycles. The number of pyridine rings is 1. The molecule has 2 aromatic rings. The van der Waals surface area contributed by atoms with Gasteiger partial charge in [-0.1, -0.05) is 0 Å². The lowest BCUT2D eigenvalue weighted by atomic mass is 9.84. The Balaban J connectivity index is 1.50. The minimum atomic E-state index is 0.644. The van der Waals surface area contributed by atoms with Crippen molar-refractivity contribution in [2.24, 2.45) is 11.8 Å². The molecular formula is C18H21N5. The van der Waals surface area contributed by atoms with Gasteiger partial charge in [-0.2, -0.15) is 0 Å². The SMILES string of the molecule is c1ncc(-c2cncc(N3CC4CC5CC3CN(C5)C4)c2)cn1. The number of rotatable bonds is 2. The molecule has 0 spiro atoms. The van der Waals surface area contributed by atoms with Gasteiger partial charge in [0.1, 0.15) is 6.33 Å². The summed E-state index contributed by atoms with van der Waals surface area (Å²) in [6.07, 6.45) is 12.0. The van der Waals surface area contributed by atoms with E-state index >= 15 is 0 Å². The van der Waals surface area contributed by atoms with E-state index in [0.717, 1.165) is 23.0 Å². The third-order valence-corrected chi connectivity index (χ3v) is 5.62. The molecular weight excluding hydrogens is 286 g/mol. The molecule has 5 heteroatoms. The molecule has 0 N–H and O–H groups in total. The van der Waals surface area contributed by atoms with Gasteiger partial charge in [-0.25, -0.2) is 9.97 Å². The highest BCUT2D eigenvalue weighted by Crippen LogP contribution is 2.38. The van der Waals surface area contributed by atoms with Crippen molar-refractivity contribution in [2.45, 2.75) is 18.9 Å². The third-order valence-electron chi connectivity index (χ3n) is 5.62. The van der Waals surface area contributed by atoms with Crippen LogP contribution < -0.4 is 4.90 Å². The summed E-state index contributed by atoms with van der Waals surface area (Å²) >= 11 is 0. The summed E-state index contributed by atoms with van der Waals surface area (Å²) in [5, 5.41) is 0. The molecule has 0 aliphatic carbocycles. The lowest BCUT2D eigenvalue weighted by Gasteiger charge is -2.41. The molecule has 4 fully saturated rings. The zero-order valence-electron chi connectivity index (χ0n) is 13.2. The van der Waals surface area contributed by atoms with E-state index in [1.54, 1.807) is 6.33 Å². The van der Waals surface area contributed by atoms with Crippen LogP contribution in [0.3, 0.4) is 0 Å². The van der Waals surface area contributed by atoms with Gasteiger partial charge in [0, 0.05) is 61.9 Å². The van der Waals surface area contributed by atoms with Gasteiger partial charge in [-0.3, -0.25) is 4.98 Å². The first kappa shape index (κ1) is 13.4. The second kappa shape index (κ2) is 5.27. The van der Waals surface area contributed by atoms with Crippen LogP contribution in [0.2, 0.25) is 0 Å². The van der Waals surface area contributed by atoms with Crippen LogP contribution in [0.25, 0.3) is 11.1 Å². The van der Waals surface area contributed by atoms with Crippen LogP contribution >= 0.6 is 0 Å². The highest BCUT2D eigenvalue weighted by molar-refractivity contribution is 5.66. The van der Waals surface area contributed by atoms with Gasteiger partial charge in [0.25, 0.3) is 0 Å². The van der Waals surface area contributed by atoms with Crippen molar-refractivity contribution in [3.63, 3.8) is 0 Å². The summed E-state index contributed by atoms with van der Waals surface area (Å²) in [7, 11) is 0. The van der Waals surface area contributed by atoms with E-state index in [9.17, 15) is 0 Å². The zero-order chi connectivity index (χ0) is 15.2. The molecule has 2 aromatic heterocycles. The average molecular weight is 307 g/mol. The minimum absolute atomic E-state index is 0.644. The lowest BCUT2D eigenvalue weighted by molar-refractivity contribution is 0.0980. The highest BCUT2D eigenvalue weighted by atomic mass is 15.3. The minimum Gasteiger partial charge on any atom is -0.366 e. The molecule has 118 valence electrons. The average Bonchev–Trinajstić information content (AvgIpc) is 2.79. The van der Waals surface area contributed by atoms with E-state index in [0.29, 0.717) is 6.04 Å². The third kappa shape index (κ3) is 2.39. The summed E-state index contributed by atoms with van der Waals surface area (Å²) in [6, 6.07) is 2.90. The molecule has 6 heterocycles. The quantitative estimate of drug-likeness (QED) is 0.850. The fourth-order valence-electron chi connectivity index (χ4n) is 4.79. The molecule has 4 unspecified atom stereocenters. The largest absolute Gasteiger partial charge is 0.366 e. The molecule has 4 bridgehead atoms. The van der Waals surface area contributed by atoms with Crippen molar-refractivity contribution < 1.29 is 0 Å². The fraction of sp³-hybridized carbons (Fsp3) is 0.500. The number of fused-ring (bicyclic) bond motifs is 1. The number of hydrogen-bond acceptors (Lipinski definition) is 5. The lowest BCUT2D eigenvalue weighted by Crippen LogP contribution is -2.49. The molecule has 23 heavy (non-hydrogen) atoms. The molecule has 0 saturated carbocycles. The molecule has 4 aliphatic heterocycles. The van der Waals surface area contributed by atoms with Gasteiger partial charge in [-0.15, -0.1) is 0 Å². The summed E-state index contributed by atoms with van der Waals surface area (Å²) in [5.74, 6) is 1.71. The first-order valence-corrected chi connectivity index (χ1v) is 8.54. The topological polar surface area (TPSA) is 45.2 Å². The monoisotopic (exact) mass is 307 g/mol. The van der Waals surface area contributed by atoms with Crippen LogP contribution in [0.1, 0.15) is 12.8 Å². The van der Waals surface area contributed by atoms with Gasteiger partial charge in [0.15, 0.2) is 0 Å². The van der Waals surface area contributed by atoms with E-state index in [1.165, 1.54) is 44.7 Å². The predicted molar refractivity (Wildman–Crippen MR) is 89.1 cm³/mol. The number of anilines is 1. The second-order valence-corrected chi connectivity index (χ2v) is 7.29. The van der Waals surface area contributed by atoms with E-state index in [2.05, 4.69) is 30.8 Å². The van der Waals surface area contributed by atoms with Crippen molar-refractivity contribution in [1.29, 1.82) is 0 Å². The Labute approximate surface area is 136 Å². The van der Waals surface area contributed by atoms with E-state index in [4.69, 9.17) is 0 Å². The van der Waals surface area contributed by atoms with Crippen molar-refractivity contribution in [1.82, 2.24) is 19.9 Å². The molecule has 4 atom stereocenters. The summed E-state index contributed by atoms with van der Waals surface area (Å²) in [4.78, 5) is 18.0. The zero-order valence-corrected chi connectivity index (χ0v) is 13.2. The van der Waals surface area contributed by atoms with Crippen molar-refractivity contribution >= 4 is 5.69 Å². The fourth-order valence-corrected chi connectivity index (χ4v) is 4.79.